The van der Waals surface area contributed by atoms with Gasteiger partial charge in [0.15, 0.2) is 9.34 Å². The molecule has 1 aliphatic heterocycles. The van der Waals surface area contributed by atoms with Gasteiger partial charge in [0.05, 0.1) is 6.54 Å². The summed E-state index contributed by atoms with van der Waals surface area (Å²) in [7, 11) is 0. The number of quaternary nitrogens is 1. The highest BCUT2D eigenvalue weighted by Gasteiger charge is 2.38. The van der Waals surface area contributed by atoms with Crippen molar-refractivity contribution < 1.29 is 14.8 Å². The predicted molar refractivity (Wildman–Crippen MR) is 66.2 cm³/mol. The van der Waals surface area contributed by atoms with Gasteiger partial charge in [-0.2, -0.15) is 0 Å². The van der Waals surface area contributed by atoms with Crippen molar-refractivity contribution in [2.45, 2.75) is 48.5 Å². The maximum Gasteiger partial charge on any atom is 0.331 e. The van der Waals surface area contributed by atoms with Crippen LogP contribution in [0.3, 0.4) is 0 Å². The summed E-state index contributed by atoms with van der Waals surface area (Å²) in [5.74, 6) is -0.251. The van der Waals surface area contributed by atoms with Crippen LogP contribution in [0, 0.1) is 0 Å². The smallest absolute Gasteiger partial charge is 0.331 e. The fourth-order valence-corrected chi connectivity index (χ4v) is 2.14. The molecule has 2 N–H and O–H groups in total. The van der Waals surface area contributed by atoms with Crippen LogP contribution in [0.15, 0.2) is 0 Å². The number of halogens is 2. The number of hydrogen-bond acceptors (Lipinski definition) is 2. The van der Waals surface area contributed by atoms with E-state index < -0.39 is 9.34 Å². The summed E-state index contributed by atoms with van der Waals surface area (Å²) in [6.45, 7) is 5.11. The van der Waals surface area contributed by atoms with Crippen molar-refractivity contribution in [2.75, 3.05) is 6.54 Å². The van der Waals surface area contributed by atoms with E-state index in [1.165, 1.54) is 12.8 Å². The van der Waals surface area contributed by atoms with Gasteiger partial charge in [-0.05, 0) is 26.7 Å². The maximum atomic E-state index is 11.5. The minimum Gasteiger partial charge on any atom is -0.452 e. The van der Waals surface area contributed by atoms with Crippen molar-refractivity contribution in [2.24, 2.45) is 0 Å². The standard InChI is InChI=1S/C10H17Br2NO2/c1-10(2,15-9(14)8(11)12)7-5-3-4-6-13-7/h7-8,13H,3-6H2,1-2H3/p+1. The Morgan fingerprint density at radius 2 is 2.13 bits per heavy atom. The van der Waals surface area contributed by atoms with Gasteiger partial charge < -0.3 is 10.1 Å². The zero-order valence-corrected chi connectivity index (χ0v) is 12.3. The molecule has 0 saturated carbocycles. The van der Waals surface area contributed by atoms with Crippen LogP contribution in [0.25, 0.3) is 0 Å². The van der Waals surface area contributed by atoms with Crippen molar-refractivity contribution in [1.29, 1.82) is 0 Å². The van der Waals surface area contributed by atoms with E-state index in [1.807, 2.05) is 13.8 Å². The number of carbonyl (C=O) groups excluding carboxylic acids is 1. The molecule has 1 rings (SSSR count). The number of carbonyl (C=O) groups is 1. The summed E-state index contributed by atoms with van der Waals surface area (Å²) in [4.78, 5) is 11.5. The summed E-state index contributed by atoms with van der Waals surface area (Å²) in [6, 6.07) is 0.383. The van der Waals surface area contributed by atoms with Gasteiger partial charge >= 0.3 is 5.97 Å². The lowest BCUT2D eigenvalue weighted by molar-refractivity contribution is -0.709. The summed E-state index contributed by atoms with van der Waals surface area (Å²) >= 11 is 6.30. The average molecular weight is 344 g/mol. The van der Waals surface area contributed by atoms with Gasteiger partial charge in [0.25, 0.3) is 0 Å². The Hall–Kier alpha value is 0.390. The first-order valence-corrected chi connectivity index (χ1v) is 7.11. The summed E-state index contributed by atoms with van der Waals surface area (Å²) in [5, 5.41) is 2.29. The normalized spacial score (nSPS) is 22.9. The lowest BCUT2D eigenvalue weighted by Crippen LogP contribution is -2.95. The molecule has 0 bridgehead atoms. The molecule has 1 aliphatic rings. The van der Waals surface area contributed by atoms with Crippen LogP contribution in [0.5, 0.6) is 0 Å². The zero-order valence-electron chi connectivity index (χ0n) is 9.13. The summed E-state index contributed by atoms with van der Waals surface area (Å²) in [5.41, 5.74) is -0.392. The first kappa shape index (κ1) is 13.5. The van der Waals surface area contributed by atoms with Crippen LogP contribution in [-0.2, 0) is 9.53 Å². The molecule has 3 nitrogen and oxygen atoms in total. The van der Waals surface area contributed by atoms with Crippen molar-refractivity contribution in [1.82, 2.24) is 0 Å². The van der Waals surface area contributed by atoms with Crippen molar-refractivity contribution in [3.8, 4) is 0 Å². The predicted octanol–water partition coefficient (Wildman–Crippen LogP) is 1.54. The van der Waals surface area contributed by atoms with E-state index in [4.69, 9.17) is 4.74 Å². The Morgan fingerprint density at radius 1 is 1.47 bits per heavy atom. The van der Waals surface area contributed by atoms with Crippen LogP contribution in [0.4, 0.5) is 0 Å². The molecule has 0 aromatic carbocycles. The molecule has 0 aromatic heterocycles. The molecule has 1 saturated heterocycles. The number of hydrogen-bond donors (Lipinski definition) is 1. The van der Waals surface area contributed by atoms with Gasteiger partial charge in [-0.3, -0.25) is 0 Å². The van der Waals surface area contributed by atoms with E-state index >= 15 is 0 Å². The number of nitrogens with two attached hydrogens (primary N) is 1. The van der Waals surface area contributed by atoms with Gasteiger partial charge in [0.1, 0.15) is 6.04 Å². The molecule has 1 fully saturated rings. The van der Waals surface area contributed by atoms with Crippen molar-refractivity contribution in [3.63, 3.8) is 0 Å². The average Bonchev–Trinajstić information content (AvgIpc) is 2.18. The minimum absolute atomic E-state index is 0.251. The minimum atomic E-state index is -0.409. The molecule has 1 atom stereocenters. The molecule has 1 unspecified atom stereocenters. The lowest BCUT2D eigenvalue weighted by Gasteiger charge is -2.34. The van der Waals surface area contributed by atoms with Gasteiger partial charge in [-0.15, -0.1) is 0 Å². The molecule has 0 aliphatic carbocycles. The van der Waals surface area contributed by atoms with Gasteiger partial charge in [0.2, 0.25) is 0 Å². The van der Waals surface area contributed by atoms with E-state index in [-0.39, 0.29) is 5.97 Å². The lowest BCUT2D eigenvalue weighted by atomic mass is 9.91. The topological polar surface area (TPSA) is 42.9 Å². The van der Waals surface area contributed by atoms with Gasteiger partial charge in [-0.25, -0.2) is 4.79 Å². The monoisotopic (exact) mass is 342 g/mol. The largest absolute Gasteiger partial charge is 0.452 e. The second-order valence-corrected chi connectivity index (χ2v) is 7.51. The molecule has 15 heavy (non-hydrogen) atoms. The Kier molecular flexibility index (Phi) is 5.06. The third-order valence-corrected chi connectivity index (χ3v) is 3.60. The molecule has 0 spiro atoms. The molecule has 0 radical (unpaired) electrons. The highest BCUT2D eigenvalue weighted by Crippen LogP contribution is 2.22. The van der Waals surface area contributed by atoms with Crippen LogP contribution in [-0.4, -0.2) is 27.9 Å². The Labute approximate surface area is 108 Å². The highest BCUT2D eigenvalue weighted by atomic mass is 79.9. The van der Waals surface area contributed by atoms with E-state index in [0.29, 0.717) is 6.04 Å². The van der Waals surface area contributed by atoms with E-state index in [9.17, 15) is 4.79 Å². The van der Waals surface area contributed by atoms with Crippen molar-refractivity contribution >= 4 is 37.8 Å². The number of rotatable bonds is 3. The molecule has 0 amide bonds. The van der Waals surface area contributed by atoms with Crippen molar-refractivity contribution in [3.05, 3.63) is 0 Å². The van der Waals surface area contributed by atoms with E-state index in [2.05, 4.69) is 37.2 Å². The fourth-order valence-electron chi connectivity index (χ4n) is 1.96. The highest BCUT2D eigenvalue weighted by molar-refractivity contribution is 9.25. The Morgan fingerprint density at radius 3 is 2.60 bits per heavy atom. The number of ether oxygens (including phenoxy) is 1. The van der Waals surface area contributed by atoms with Gasteiger partial charge in [-0.1, -0.05) is 31.9 Å². The van der Waals surface area contributed by atoms with E-state index in [0.717, 1.165) is 13.0 Å². The van der Waals surface area contributed by atoms with E-state index in [1.54, 1.807) is 0 Å². The second-order valence-electron chi connectivity index (χ2n) is 4.45. The molecule has 88 valence electrons. The quantitative estimate of drug-likeness (QED) is 0.624. The summed E-state index contributed by atoms with van der Waals surface area (Å²) < 4.78 is 5.07. The third-order valence-electron chi connectivity index (χ3n) is 2.86. The summed E-state index contributed by atoms with van der Waals surface area (Å²) in [6.07, 6.45) is 3.61. The Bertz CT molecular complexity index is 225. The van der Waals surface area contributed by atoms with Crippen LogP contribution in [0.1, 0.15) is 33.1 Å². The molecular formula is C10H18Br2NO2+. The van der Waals surface area contributed by atoms with Gasteiger partial charge in [0, 0.05) is 6.42 Å². The number of esters is 1. The SMILES string of the molecule is CC(C)(OC(=O)C(Br)Br)C1CCCC[NH2+]1. The number of piperidine rings is 1. The Balaban J connectivity index is 2.52. The van der Waals surface area contributed by atoms with Crippen LogP contribution < -0.4 is 5.32 Å². The first-order chi connectivity index (χ1) is 6.93. The van der Waals surface area contributed by atoms with Crippen LogP contribution in [0.2, 0.25) is 0 Å². The second kappa shape index (κ2) is 5.64. The third kappa shape index (κ3) is 4.04. The van der Waals surface area contributed by atoms with Crippen LogP contribution >= 0.6 is 31.9 Å². The molecule has 5 heteroatoms. The number of alkyl halides is 2. The molecule has 1 heterocycles. The fraction of sp³-hybridized carbons (Fsp3) is 0.900. The zero-order chi connectivity index (χ0) is 11.5. The molecule has 0 aromatic rings. The first-order valence-electron chi connectivity index (χ1n) is 5.28. The molecular weight excluding hydrogens is 326 g/mol. The maximum absolute atomic E-state index is 11.5.